The molecule has 4 N–H and O–H groups in total. The molecule has 1 aliphatic heterocycles. The van der Waals surface area contributed by atoms with Crippen LogP contribution < -0.4 is 30.2 Å². The number of hydrogen-bond acceptors (Lipinski definition) is 9. The third-order valence-corrected chi connectivity index (χ3v) is 6.02. The molecule has 1 saturated heterocycles. The molecule has 0 unspecified atom stereocenters. The van der Waals surface area contributed by atoms with Crippen molar-refractivity contribution in [3.63, 3.8) is 0 Å². The van der Waals surface area contributed by atoms with E-state index in [0.717, 1.165) is 17.5 Å². The Morgan fingerprint density at radius 1 is 1.17 bits per heavy atom. The maximum Gasteiger partial charge on any atom is 0.240 e. The molecule has 12 nitrogen and oxygen atoms in total. The summed E-state index contributed by atoms with van der Waals surface area (Å²) >= 11 is 0. The molecule has 1 amide bonds. The minimum atomic E-state index is -0.422. The number of rotatable bonds is 8. The zero-order chi connectivity index (χ0) is 24.5. The van der Waals surface area contributed by atoms with Gasteiger partial charge in [0.05, 0.1) is 38.6 Å². The molecular weight excluding hydrogens is 452 g/mol. The van der Waals surface area contributed by atoms with Gasteiger partial charge in [-0.25, -0.2) is 4.98 Å². The highest BCUT2D eigenvalue weighted by atomic mass is 16.5. The van der Waals surface area contributed by atoms with Crippen molar-refractivity contribution in [3.05, 3.63) is 36.9 Å². The van der Waals surface area contributed by atoms with Crippen molar-refractivity contribution in [2.24, 2.45) is 5.73 Å². The molecule has 1 atom stereocenters. The van der Waals surface area contributed by atoms with Gasteiger partial charge in [0.2, 0.25) is 17.6 Å². The van der Waals surface area contributed by atoms with Gasteiger partial charge in [-0.05, 0) is 18.9 Å². The zero-order valence-electron chi connectivity index (χ0n) is 19.6. The number of imidazole rings is 1. The molecule has 0 aliphatic carbocycles. The number of anilines is 3. The van der Waals surface area contributed by atoms with Gasteiger partial charge < -0.3 is 39.7 Å². The van der Waals surface area contributed by atoms with Crippen LogP contribution in [0.25, 0.3) is 16.7 Å². The first kappa shape index (κ1) is 22.3. The van der Waals surface area contributed by atoms with Crippen molar-refractivity contribution >= 4 is 34.5 Å². The zero-order valence-corrected chi connectivity index (χ0v) is 19.6. The van der Waals surface area contributed by atoms with E-state index in [1.165, 1.54) is 0 Å². The number of benzene rings is 1. The highest BCUT2D eigenvalue weighted by molar-refractivity contribution is 5.90. The Labute approximate surface area is 201 Å². The Bertz CT molecular complexity index is 1360. The summed E-state index contributed by atoms with van der Waals surface area (Å²) in [5.41, 5.74) is 7.02. The number of methoxy groups -OCH3 is 3. The minimum Gasteiger partial charge on any atom is -0.493 e. The van der Waals surface area contributed by atoms with Crippen molar-refractivity contribution in [1.29, 1.82) is 0 Å². The maximum absolute atomic E-state index is 11.9. The Morgan fingerprint density at radius 2 is 1.94 bits per heavy atom. The van der Waals surface area contributed by atoms with Gasteiger partial charge in [-0.1, -0.05) is 0 Å². The second kappa shape index (κ2) is 9.05. The number of amides is 1. The quantitative estimate of drug-likeness (QED) is 0.347. The van der Waals surface area contributed by atoms with Gasteiger partial charge in [0.25, 0.3) is 0 Å². The van der Waals surface area contributed by atoms with E-state index in [0.29, 0.717) is 53.4 Å². The number of primary amides is 1. The summed E-state index contributed by atoms with van der Waals surface area (Å²) in [6, 6.07) is 5.12. The summed E-state index contributed by atoms with van der Waals surface area (Å²) < 4.78 is 18.1. The van der Waals surface area contributed by atoms with E-state index in [4.69, 9.17) is 24.9 Å². The van der Waals surface area contributed by atoms with Crippen molar-refractivity contribution in [3.8, 4) is 22.9 Å². The molecule has 4 heterocycles. The van der Waals surface area contributed by atoms with Crippen molar-refractivity contribution in [2.45, 2.75) is 18.9 Å². The van der Waals surface area contributed by atoms with Crippen LogP contribution in [0.5, 0.6) is 17.2 Å². The van der Waals surface area contributed by atoms with E-state index in [1.54, 1.807) is 33.9 Å². The summed E-state index contributed by atoms with van der Waals surface area (Å²) in [6.45, 7) is 0.662. The molecule has 0 bridgehead atoms. The van der Waals surface area contributed by atoms with E-state index < -0.39 is 6.04 Å². The molecule has 0 spiro atoms. The molecule has 5 rings (SSSR count). The van der Waals surface area contributed by atoms with E-state index in [9.17, 15) is 4.79 Å². The molecule has 12 heteroatoms. The van der Waals surface area contributed by atoms with Crippen LogP contribution in [0, 0.1) is 0 Å². The number of aromatic amines is 1. The lowest BCUT2D eigenvalue weighted by atomic mass is 10.2. The van der Waals surface area contributed by atoms with Crippen molar-refractivity contribution < 1.29 is 19.0 Å². The van der Waals surface area contributed by atoms with Crippen molar-refractivity contribution in [2.75, 3.05) is 38.1 Å². The van der Waals surface area contributed by atoms with Crippen LogP contribution in [0.3, 0.4) is 0 Å². The number of nitrogens with one attached hydrogen (secondary N) is 2. The van der Waals surface area contributed by atoms with Crippen LogP contribution >= 0.6 is 0 Å². The number of carbonyl (C=O) groups is 1. The van der Waals surface area contributed by atoms with Crippen LogP contribution in [0.1, 0.15) is 12.8 Å². The van der Waals surface area contributed by atoms with Gasteiger partial charge in [0.1, 0.15) is 29.7 Å². The van der Waals surface area contributed by atoms with Gasteiger partial charge in [-0.2, -0.15) is 9.97 Å². The fraction of sp³-hybridized carbons (Fsp3) is 0.304. The van der Waals surface area contributed by atoms with E-state index >= 15 is 0 Å². The number of nitrogens with zero attached hydrogens (tertiary/aromatic N) is 5. The average Bonchev–Trinajstić information content (AvgIpc) is 3.63. The average molecular weight is 479 g/mol. The lowest BCUT2D eigenvalue weighted by Gasteiger charge is -2.22. The first-order chi connectivity index (χ1) is 17.0. The summed E-state index contributed by atoms with van der Waals surface area (Å²) in [5.74, 6) is 2.78. The van der Waals surface area contributed by atoms with Gasteiger partial charge in [0, 0.05) is 24.9 Å². The van der Waals surface area contributed by atoms with Crippen LogP contribution in [0.15, 0.2) is 36.9 Å². The number of hydrogen-bond donors (Lipinski definition) is 3. The lowest BCUT2D eigenvalue weighted by Crippen LogP contribution is -2.41. The van der Waals surface area contributed by atoms with Gasteiger partial charge >= 0.3 is 0 Å². The van der Waals surface area contributed by atoms with Crippen LogP contribution in [0.4, 0.5) is 17.6 Å². The third kappa shape index (κ3) is 4.03. The molecule has 35 heavy (non-hydrogen) atoms. The summed E-state index contributed by atoms with van der Waals surface area (Å²) in [5, 5.41) is 4.07. The fourth-order valence-electron chi connectivity index (χ4n) is 4.32. The standard InChI is InChI=1S/C23H26N8O4/c1-33-16-9-13(10-17(34-2)19(16)35-3)30-11-18(26-12-30)27-22-14-6-7-25-21(14)28-23(29-22)31-8-4-5-15(31)20(24)32/h6-7,9-12,15H,4-5,8H2,1-3H3,(H2,24,32)(H2,25,27,28,29)/t15-/m1/s1. The predicted octanol–water partition coefficient (Wildman–Crippen LogP) is 2.37. The highest BCUT2D eigenvalue weighted by Crippen LogP contribution is 2.39. The number of fused-ring (bicyclic) bond motifs is 1. The van der Waals surface area contributed by atoms with E-state index in [2.05, 4.69) is 20.3 Å². The van der Waals surface area contributed by atoms with Gasteiger partial charge in [-0.15, -0.1) is 0 Å². The molecule has 0 radical (unpaired) electrons. The maximum atomic E-state index is 11.9. The molecule has 4 aromatic rings. The number of nitrogens with two attached hydrogens (primary N) is 1. The van der Waals surface area contributed by atoms with Crippen molar-refractivity contribution in [1.82, 2.24) is 24.5 Å². The van der Waals surface area contributed by atoms with Gasteiger partial charge in [0.15, 0.2) is 11.5 Å². The predicted molar refractivity (Wildman–Crippen MR) is 130 cm³/mol. The number of ether oxygens (including phenoxy) is 3. The first-order valence-electron chi connectivity index (χ1n) is 11.0. The Morgan fingerprint density at radius 3 is 2.63 bits per heavy atom. The topological polar surface area (TPSA) is 145 Å². The minimum absolute atomic E-state index is 0.378. The monoisotopic (exact) mass is 478 g/mol. The Kier molecular flexibility index (Phi) is 5.77. The summed E-state index contributed by atoms with van der Waals surface area (Å²) in [7, 11) is 4.70. The molecule has 3 aromatic heterocycles. The summed E-state index contributed by atoms with van der Waals surface area (Å²) in [6.07, 6.45) is 6.81. The number of aromatic nitrogens is 5. The molecule has 182 valence electrons. The smallest absolute Gasteiger partial charge is 0.240 e. The van der Waals surface area contributed by atoms with E-state index in [1.807, 2.05) is 33.9 Å². The molecule has 1 fully saturated rings. The Hall–Kier alpha value is -4.48. The SMILES string of the molecule is COc1cc(-n2cnc(Nc3nc(N4CCC[C@@H]4C(N)=O)nc4[nH]ccc34)c2)cc(OC)c1OC. The third-order valence-electron chi connectivity index (χ3n) is 6.02. The molecular formula is C23H26N8O4. The lowest BCUT2D eigenvalue weighted by molar-refractivity contribution is -0.119. The molecule has 1 aromatic carbocycles. The second-order valence-corrected chi connectivity index (χ2v) is 8.04. The fourth-order valence-corrected chi connectivity index (χ4v) is 4.32. The highest BCUT2D eigenvalue weighted by Gasteiger charge is 2.31. The number of carbonyl (C=O) groups excluding carboxylic acids is 1. The summed E-state index contributed by atoms with van der Waals surface area (Å²) in [4.78, 5) is 30.7. The van der Waals surface area contributed by atoms with Crippen LogP contribution in [-0.4, -0.2) is 64.3 Å². The molecule has 1 aliphatic rings. The van der Waals surface area contributed by atoms with Crippen LogP contribution in [0.2, 0.25) is 0 Å². The van der Waals surface area contributed by atoms with Gasteiger partial charge in [-0.3, -0.25) is 4.79 Å². The largest absolute Gasteiger partial charge is 0.493 e. The van der Waals surface area contributed by atoms with Crippen LogP contribution in [-0.2, 0) is 4.79 Å². The number of H-pyrrole nitrogens is 1. The first-order valence-corrected chi connectivity index (χ1v) is 11.0. The molecule has 0 saturated carbocycles. The normalized spacial score (nSPS) is 15.4. The van der Waals surface area contributed by atoms with E-state index in [-0.39, 0.29) is 5.91 Å². The second-order valence-electron chi connectivity index (χ2n) is 8.04. The Balaban J connectivity index is 1.48.